The predicted molar refractivity (Wildman–Crippen MR) is 102 cm³/mol. The minimum absolute atomic E-state index is 0.0101. The zero-order valence-corrected chi connectivity index (χ0v) is 15.2. The SMILES string of the molecule is COc1ccc([C@H]2CCCN2Cc2nc3ccccc3n(C)c2=O)cc1. The quantitative estimate of drug-likeness (QED) is 0.725. The number of nitrogens with zero attached hydrogens (tertiary/aromatic N) is 3. The summed E-state index contributed by atoms with van der Waals surface area (Å²) >= 11 is 0. The van der Waals surface area contributed by atoms with Crippen LogP contribution in [-0.2, 0) is 13.6 Å². The largest absolute Gasteiger partial charge is 0.497 e. The van der Waals surface area contributed by atoms with E-state index in [0.29, 0.717) is 18.3 Å². The first-order valence-corrected chi connectivity index (χ1v) is 9.00. The molecule has 0 aliphatic carbocycles. The van der Waals surface area contributed by atoms with Crippen LogP contribution < -0.4 is 10.3 Å². The Morgan fingerprint density at radius 2 is 1.92 bits per heavy atom. The molecule has 5 heteroatoms. The monoisotopic (exact) mass is 349 g/mol. The van der Waals surface area contributed by atoms with Crippen LogP contribution >= 0.6 is 0 Å². The Bertz CT molecular complexity index is 979. The molecular weight excluding hydrogens is 326 g/mol. The maximum atomic E-state index is 12.8. The molecule has 1 atom stereocenters. The number of likely N-dealkylation sites (tertiary alicyclic amines) is 1. The Kier molecular flexibility index (Phi) is 4.47. The van der Waals surface area contributed by atoms with Crippen LogP contribution in [0.4, 0.5) is 0 Å². The van der Waals surface area contributed by atoms with Gasteiger partial charge in [0.25, 0.3) is 5.56 Å². The summed E-state index contributed by atoms with van der Waals surface area (Å²) in [6.07, 6.45) is 2.23. The van der Waals surface area contributed by atoms with E-state index in [0.717, 1.165) is 36.2 Å². The summed E-state index contributed by atoms with van der Waals surface area (Å²) in [7, 11) is 3.50. The van der Waals surface area contributed by atoms with Gasteiger partial charge in [0.2, 0.25) is 0 Å². The van der Waals surface area contributed by atoms with Crippen molar-refractivity contribution in [1.82, 2.24) is 14.5 Å². The molecule has 1 aliphatic heterocycles. The van der Waals surface area contributed by atoms with Crippen LogP contribution in [0.25, 0.3) is 11.0 Å². The molecule has 26 heavy (non-hydrogen) atoms. The van der Waals surface area contributed by atoms with E-state index in [1.807, 2.05) is 43.4 Å². The molecule has 0 spiro atoms. The maximum absolute atomic E-state index is 12.8. The minimum atomic E-state index is -0.0101. The van der Waals surface area contributed by atoms with E-state index < -0.39 is 0 Å². The summed E-state index contributed by atoms with van der Waals surface area (Å²) < 4.78 is 6.96. The Balaban J connectivity index is 1.64. The van der Waals surface area contributed by atoms with Gasteiger partial charge in [-0.3, -0.25) is 9.69 Å². The lowest BCUT2D eigenvalue weighted by molar-refractivity contribution is 0.244. The number of aromatic nitrogens is 2. The van der Waals surface area contributed by atoms with Crippen molar-refractivity contribution >= 4 is 11.0 Å². The summed E-state index contributed by atoms with van der Waals surface area (Å²) in [5.74, 6) is 0.864. The van der Waals surface area contributed by atoms with Crippen LogP contribution in [0.1, 0.15) is 30.1 Å². The number of hydrogen-bond acceptors (Lipinski definition) is 4. The van der Waals surface area contributed by atoms with E-state index in [1.54, 1.807) is 11.7 Å². The highest BCUT2D eigenvalue weighted by Crippen LogP contribution is 2.33. The second-order valence-corrected chi connectivity index (χ2v) is 6.81. The van der Waals surface area contributed by atoms with Crippen LogP contribution in [-0.4, -0.2) is 28.1 Å². The van der Waals surface area contributed by atoms with Gasteiger partial charge in [-0.1, -0.05) is 24.3 Å². The topological polar surface area (TPSA) is 47.4 Å². The number of ether oxygens (including phenoxy) is 1. The summed E-state index contributed by atoms with van der Waals surface area (Å²) in [6.45, 7) is 1.56. The Morgan fingerprint density at radius 1 is 1.15 bits per heavy atom. The average molecular weight is 349 g/mol. The molecule has 0 amide bonds. The molecule has 1 aliphatic rings. The van der Waals surface area contributed by atoms with Crippen LogP contribution in [0.5, 0.6) is 5.75 Å². The lowest BCUT2D eigenvalue weighted by Gasteiger charge is -2.24. The molecule has 134 valence electrons. The third-order valence-corrected chi connectivity index (χ3v) is 5.27. The average Bonchev–Trinajstić information content (AvgIpc) is 3.14. The highest BCUT2D eigenvalue weighted by molar-refractivity contribution is 5.74. The summed E-state index contributed by atoms with van der Waals surface area (Å²) in [5.41, 5.74) is 3.61. The highest BCUT2D eigenvalue weighted by atomic mass is 16.5. The highest BCUT2D eigenvalue weighted by Gasteiger charge is 2.27. The second-order valence-electron chi connectivity index (χ2n) is 6.81. The third kappa shape index (κ3) is 2.99. The van der Waals surface area contributed by atoms with Crippen molar-refractivity contribution in [1.29, 1.82) is 0 Å². The fourth-order valence-corrected chi connectivity index (χ4v) is 3.85. The number of benzene rings is 2. The van der Waals surface area contributed by atoms with E-state index in [2.05, 4.69) is 22.0 Å². The molecule has 0 bridgehead atoms. The van der Waals surface area contributed by atoms with Gasteiger partial charge in [0.1, 0.15) is 11.4 Å². The number of aryl methyl sites for hydroxylation is 1. The molecule has 2 aromatic carbocycles. The van der Waals surface area contributed by atoms with Crippen molar-refractivity contribution in [2.75, 3.05) is 13.7 Å². The van der Waals surface area contributed by atoms with E-state index in [-0.39, 0.29) is 5.56 Å². The summed E-state index contributed by atoms with van der Waals surface area (Å²) in [4.78, 5) is 19.8. The van der Waals surface area contributed by atoms with Crippen molar-refractivity contribution in [2.24, 2.45) is 7.05 Å². The van der Waals surface area contributed by atoms with Gasteiger partial charge >= 0.3 is 0 Å². The molecule has 5 nitrogen and oxygen atoms in total. The van der Waals surface area contributed by atoms with E-state index in [9.17, 15) is 4.79 Å². The molecule has 0 radical (unpaired) electrons. The number of hydrogen-bond donors (Lipinski definition) is 0. The van der Waals surface area contributed by atoms with Gasteiger partial charge in [0.15, 0.2) is 0 Å². The van der Waals surface area contributed by atoms with Crippen molar-refractivity contribution in [3.63, 3.8) is 0 Å². The maximum Gasteiger partial charge on any atom is 0.273 e. The van der Waals surface area contributed by atoms with Gasteiger partial charge in [-0.15, -0.1) is 0 Å². The first kappa shape index (κ1) is 16.8. The Hall–Kier alpha value is -2.66. The lowest BCUT2D eigenvalue weighted by atomic mass is 10.0. The van der Waals surface area contributed by atoms with Crippen molar-refractivity contribution in [3.05, 3.63) is 70.1 Å². The van der Waals surface area contributed by atoms with Gasteiger partial charge in [-0.05, 0) is 49.2 Å². The fourth-order valence-electron chi connectivity index (χ4n) is 3.85. The second kappa shape index (κ2) is 6.92. The van der Waals surface area contributed by atoms with Crippen molar-refractivity contribution in [2.45, 2.75) is 25.4 Å². The molecule has 1 aromatic heterocycles. The molecule has 4 rings (SSSR count). The first-order valence-electron chi connectivity index (χ1n) is 9.00. The van der Waals surface area contributed by atoms with E-state index >= 15 is 0 Å². The molecule has 0 unspecified atom stereocenters. The van der Waals surface area contributed by atoms with Crippen molar-refractivity contribution < 1.29 is 4.74 Å². The van der Waals surface area contributed by atoms with Crippen LogP contribution in [0.2, 0.25) is 0 Å². The number of rotatable bonds is 4. The van der Waals surface area contributed by atoms with Gasteiger partial charge < -0.3 is 9.30 Å². The van der Waals surface area contributed by atoms with Crippen LogP contribution in [0.15, 0.2) is 53.3 Å². The number of methoxy groups -OCH3 is 1. The lowest BCUT2D eigenvalue weighted by Crippen LogP contribution is -2.30. The molecule has 1 fully saturated rings. The summed E-state index contributed by atoms with van der Waals surface area (Å²) in [5, 5.41) is 0. The molecule has 0 N–H and O–H groups in total. The van der Waals surface area contributed by atoms with Gasteiger partial charge in [0, 0.05) is 19.6 Å². The zero-order valence-electron chi connectivity index (χ0n) is 15.2. The van der Waals surface area contributed by atoms with Gasteiger partial charge in [-0.2, -0.15) is 0 Å². The van der Waals surface area contributed by atoms with Crippen molar-refractivity contribution in [3.8, 4) is 5.75 Å². The van der Waals surface area contributed by atoms with Crippen LogP contribution in [0.3, 0.4) is 0 Å². The molecule has 3 aromatic rings. The predicted octanol–water partition coefficient (Wildman–Crippen LogP) is 3.28. The summed E-state index contributed by atoms with van der Waals surface area (Å²) in [6, 6.07) is 16.3. The van der Waals surface area contributed by atoms with Gasteiger partial charge in [0.05, 0.1) is 18.1 Å². The fraction of sp³-hybridized carbons (Fsp3) is 0.333. The molecule has 1 saturated heterocycles. The normalized spacial score (nSPS) is 17.7. The number of para-hydroxylation sites is 2. The molecule has 0 saturated carbocycles. The third-order valence-electron chi connectivity index (χ3n) is 5.27. The molecule has 2 heterocycles. The smallest absolute Gasteiger partial charge is 0.273 e. The van der Waals surface area contributed by atoms with Gasteiger partial charge in [-0.25, -0.2) is 4.98 Å². The Morgan fingerprint density at radius 3 is 2.69 bits per heavy atom. The van der Waals surface area contributed by atoms with E-state index in [4.69, 9.17) is 4.74 Å². The Labute approximate surface area is 152 Å². The number of fused-ring (bicyclic) bond motifs is 1. The zero-order chi connectivity index (χ0) is 18.1. The standard InChI is InChI=1S/C21H23N3O2/c1-23-20-7-4-3-6-17(20)22-18(21(23)25)14-24-13-5-8-19(24)15-9-11-16(26-2)12-10-15/h3-4,6-7,9-12,19H,5,8,13-14H2,1-2H3/t19-/m1/s1. The van der Waals surface area contributed by atoms with Crippen LogP contribution in [0, 0.1) is 0 Å². The first-order chi connectivity index (χ1) is 12.7. The minimum Gasteiger partial charge on any atom is -0.497 e. The molecular formula is C21H23N3O2. The van der Waals surface area contributed by atoms with E-state index in [1.165, 1.54) is 5.56 Å².